The molecule has 1 rings (SSSR count). The fraction of sp³-hybridized carbons (Fsp3) is 0.455. The van der Waals surface area contributed by atoms with Crippen molar-refractivity contribution in [3.05, 3.63) is 34.9 Å². The van der Waals surface area contributed by atoms with Crippen LogP contribution in [0, 0.1) is 0 Å². The van der Waals surface area contributed by atoms with Crippen molar-refractivity contribution < 1.29 is 0 Å². The zero-order valence-corrected chi connectivity index (χ0v) is 10.2. The highest BCUT2D eigenvalue weighted by Gasteiger charge is 2.05. The molecule has 0 spiro atoms. The van der Waals surface area contributed by atoms with Crippen molar-refractivity contribution >= 4 is 23.4 Å². The molecule has 0 heterocycles. The molecular formula is C11H16ClNS. The van der Waals surface area contributed by atoms with Gasteiger partial charge in [0.1, 0.15) is 0 Å². The van der Waals surface area contributed by atoms with Gasteiger partial charge >= 0.3 is 0 Å². The van der Waals surface area contributed by atoms with Crippen molar-refractivity contribution in [2.24, 2.45) is 0 Å². The molecule has 0 bridgehead atoms. The second kappa shape index (κ2) is 6.33. The lowest BCUT2D eigenvalue weighted by molar-refractivity contribution is 0.617. The Balaban J connectivity index is 2.53. The van der Waals surface area contributed by atoms with Crippen molar-refractivity contribution in [1.82, 2.24) is 5.32 Å². The summed E-state index contributed by atoms with van der Waals surface area (Å²) >= 11 is 7.69. The van der Waals surface area contributed by atoms with Gasteiger partial charge in [-0.25, -0.2) is 0 Å². The summed E-state index contributed by atoms with van der Waals surface area (Å²) in [5.41, 5.74) is 1.34. The molecule has 3 heteroatoms. The van der Waals surface area contributed by atoms with E-state index in [1.807, 2.05) is 30.9 Å². The predicted octanol–water partition coefficient (Wildman–Crippen LogP) is 2.83. The first-order valence-electron chi connectivity index (χ1n) is 4.67. The number of benzene rings is 1. The van der Waals surface area contributed by atoms with Gasteiger partial charge in [-0.2, -0.15) is 11.8 Å². The fourth-order valence-electron chi connectivity index (χ4n) is 1.35. The molecule has 14 heavy (non-hydrogen) atoms. The van der Waals surface area contributed by atoms with E-state index in [4.69, 9.17) is 11.6 Å². The Morgan fingerprint density at radius 2 is 2.00 bits per heavy atom. The van der Waals surface area contributed by atoms with Gasteiger partial charge in [-0.1, -0.05) is 23.7 Å². The SMILES string of the molecule is CNC(CSC)Cc1ccc(Cl)cc1. The second-order valence-electron chi connectivity index (χ2n) is 3.27. The molecule has 0 aliphatic heterocycles. The van der Waals surface area contributed by atoms with E-state index >= 15 is 0 Å². The minimum absolute atomic E-state index is 0.547. The zero-order chi connectivity index (χ0) is 10.4. The lowest BCUT2D eigenvalue weighted by Crippen LogP contribution is -2.29. The molecule has 0 radical (unpaired) electrons. The van der Waals surface area contributed by atoms with E-state index in [0.717, 1.165) is 17.2 Å². The van der Waals surface area contributed by atoms with E-state index in [-0.39, 0.29) is 0 Å². The highest BCUT2D eigenvalue weighted by molar-refractivity contribution is 7.98. The second-order valence-corrected chi connectivity index (χ2v) is 4.62. The number of rotatable bonds is 5. The van der Waals surface area contributed by atoms with Gasteiger partial charge in [0.2, 0.25) is 0 Å². The van der Waals surface area contributed by atoms with Crippen LogP contribution in [0.15, 0.2) is 24.3 Å². The molecule has 0 saturated carbocycles. The maximum atomic E-state index is 5.82. The van der Waals surface area contributed by atoms with Gasteiger partial charge in [0.05, 0.1) is 0 Å². The topological polar surface area (TPSA) is 12.0 Å². The lowest BCUT2D eigenvalue weighted by atomic mass is 10.1. The van der Waals surface area contributed by atoms with Gasteiger partial charge in [0, 0.05) is 16.8 Å². The van der Waals surface area contributed by atoms with Crippen LogP contribution in [0.5, 0.6) is 0 Å². The molecule has 0 aliphatic carbocycles. The Labute approximate surface area is 95.2 Å². The van der Waals surface area contributed by atoms with E-state index < -0.39 is 0 Å². The van der Waals surface area contributed by atoms with Crippen LogP contribution < -0.4 is 5.32 Å². The van der Waals surface area contributed by atoms with Gasteiger partial charge in [-0.15, -0.1) is 0 Å². The highest BCUT2D eigenvalue weighted by Crippen LogP contribution is 2.12. The van der Waals surface area contributed by atoms with Crippen molar-refractivity contribution in [2.75, 3.05) is 19.1 Å². The smallest absolute Gasteiger partial charge is 0.0406 e. The molecule has 78 valence electrons. The number of thioether (sulfide) groups is 1. The largest absolute Gasteiger partial charge is 0.316 e. The Morgan fingerprint density at radius 1 is 1.36 bits per heavy atom. The van der Waals surface area contributed by atoms with Gasteiger partial charge < -0.3 is 5.32 Å². The van der Waals surface area contributed by atoms with Crippen LogP contribution in [-0.4, -0.2) is 25.1 Å². The molecule has 1 aromatic rings. The Hall–Kier alpha value is -0.180. The summed E-state index contributed by atoms with van der Waals surface area (Å²) in [5.74, 6) is 1.14. The number of likely N-dealkylation sites (N-methyl/N-ethyl adjacent to an activating group) is 1. The first-order chi connectivity index (χ1) is 6.76. The third-order valence-corrected chi connectivity index (χ3v) is 3.16. The zero-order valence-electron chi connectivity index (χ0n) is 8.59. The summed E-state index contributed by atoms with van der Waals surface area (Å²) in [6, 6.07) is 8.62. The molecule has 1 nitrogen and oxygen atoms in total. The highest BCUT2D eigenvalue weighted by atomic mass is 35.5. The maximum absolute atomic E-state index is 5.82. The van der Waals surface area contributed by atoms with Gasteiger partial charge in [0.25, 0.3) is 0 Å². The van der Waals surface area contributed by atoms with E-state index in [1.165, 1.54) is 5.56 Å². The van der Waals surface area contributed by atoms with E-state index in [2.05, 4.69) is 23.7 Å². The van der Waals surface area contributed by atoms with Crippen LogP contribution in [0.4, 0.5) is 0 Å². The molecule has 1 unspecified atom stereocenters. The third kappa shape index (κ3) is 3.91. The maximum Gasteiger partial charge on any atom is 0.0406 e. The minimum atomic E-state index is 0.547. The molecule has 0 aromatic heterocycles. The first-order valence-corrected chi connectivity index (χ1v) is 6.44. The average Bonchev–Trinajstić information content (AvgIpc) is 2.20. The van der Waals surface area contributed by atoms with Crippen molar-refractivity contribution in [2.45, 2.75) is 12.5 Å². The third-order valence-electron chi connectivity index (χ3n) is 2.17. The molecule has 1 N–H and O–H groups in total. The van der Waals surface area contributed by atoms with Crippen molar-refractivity contribution in [1.29, 1.82) is 0 Å². The summed E-state index contributed by atoms with van der Waals surface area (Å²) in [5, 5.41) is 4.12. The van der Waals surface area contributed by atoms with Gasteiger partial charge in [-0.3, -0.25) is 0 Å². The monoisotopic (exact) mass is 229 g/mol. The Kier molecular flexibility index (Phi) is 5.38. The molecule has 1 aromatic carbocycles. The molecule has 0 fully saturated rings. The van der Waals surface area contributed by atoms with Crippen LogP contribution in [0.25, 0.3) is 0 Å². The fourth-order valence-corrected chi connectivity index (χ4v) is 2.16. The number of hydrogen-bond donors (Lipinski definition) is 1. The molecular weight excluding hydrogens is 214 g/mol. The number of halogens is 1. The number of hydrogen-bond acceptors (Lipinski definition) is 2. The van der Waals surface area contributed by atoms with Crippen molar-refractivity contribution in [3.8, 4) is 0 Å². The summed E-state index contributed by atoms with van der Waals surface area (Å²) in [6.07, 6.45) is 3.20. The van der Waals surface area contributed by atoms with Crippen LogP contribution in [0.2, 0.25) is 5.02 Å². The minimum Gasteiger partial charge on any atom is -0.316 e. The molecule has 0 saturated heterocycles. The summed E-state index contributed by atoms with van der Waals surface area (Å²) in [7, 11) is 2.01. The van der Waals surface area contributed by atoms with Crippen LogP contribution in [0.3, 0.4) is 0 Å². The number of nitrogens with one attached hydrogen (secondary N) is 1. The van der Waals surface area contributed by atoms with E-state index in [1.54, 1.807) is 0 Å². The Bertz CT molecular complexity index is 260. The molecule has 0 amide bonds. The van der Waals surface area contributed by atoms with Crippen molar-refractivity contribution in [3.63, 3.8) is 0 Å². The normalized spacial score (nSPS) is 12.8. The summed E-state index contributed by atoms with van der Waals surface area (Å²) < 4.78 is 0. The predicted molar refractivity (Wildman–Crippen MR) is 66.4 cm³/mol. The van der Waals surface area contributed by atoms with Crippen LogP contribution in [-0.2, 0) is 6.42 Å². The standard InChI is InChI=1S/C11H16ClNS/c1-13-11(8-14-2)7-9-3-5-10(12)6-4-9/h3-6,11,13H,7-8H2,1-2H3. The quantitative estimate of drug-likeness (QED) is 0.834. The van der Waals surface area contributed by atoms with E-state index in [9.17, 15) is 0 Å². The van der Waals surface area contributed by atoms with Gasteiger partial charge in [-0.05, 0) is 37.4 Å². The molecule has 1 atom stereocenters. The summed E-state index contributed by atoms with van der Waals surface area (Å²) in [6.45, 7) is 0. The molecule has 0 aliphatic rings. The van der Waals surface area contributed by atoms with Crippen LogP contribution >= 0.6 is 23.4 Å². The summed E-state index contributed by atoms with van der Waals surface area (Å²) in [4.78, 5) is 0. The Morgan fingerprint density at radius 3 is 2.50 bits per heavy atom. The first kappa shape index (κ1) is 11.9. The lowest BCUT2D eigenvalue weighted by Gasteiger charge is -2.14. The average molecular weight is 230 g/mol. The van der Waals surface area contributed by atoms with Crippen LogP contribution in [0.1, 0.15) is 5.56 Å². The van der Waals surface area contributed by atoms with Gasteiger partial charge in [0.15, 0.2) is 0 Å². The van der Waals surface area contributed by atoms with E-state index in [0.29, 0.717) is 6.04 Å².